The van der Waals surface area contributed by atoms with Gasteiger partial charge in [-0.05, 0) is 32.7 Å². The molecule has 1 aliphatic rings. The molecule has 1 unspecified atom stereocenters. The van der Waals surface area contributed by atoms with Gasteiger partial charge in [-0.15, -0.1) is 0 Å². The molecule has 1 rings (SSSR count). The first-order valence-corrected chi connectivity index (χ1v) is 5.48. The van der Waals surface area contributed by atoms with E-state index in [1.807, 2.05) is 6.92 Å². The number of hydrogen-bond donors (Lipinski definition) is 1. The maximum atomic E-state index is 12.1. The lowest BCUT2D eigenvalue weighted by atomic mass is 9.89. The Balaban J connectivity index is 2.54. The van der Waals surface area contributed by atoms with Gasteiger partial charge in [-0.1, -0.05) is 0 Å². The van der Waals surface area contributed by atoms with Gasteiger partial charge in [-0.2, -0.15) is 5.26 Å². The number of rotatable bonds is 3. The molecule has 0 aromatic rings. The van der Waals surface area contributed by atoms with Crippen molar-refractivity contribution in [3.05, 3.63) is 0 Å². The highest BCUT2D eigenvalue weighted by Gasteiger charge is 2.35. The molecule has 1 N–H and O–H groups in total. The highest BCUT2D eigenvalue weighted by atomic mass is 16.2. The predicted molar refractivity (Wildman–Crippen MR) is 58.1 cm³/mol. The molecule has 0 bridgehead atoms. The average Bonchev–Trinajstić information content (AvgIpc) is 2.26. The number of likely N-dealkylation sites (N-methyl/N-ethyl adjacent to an activating group) is 1. The third kappa shape index (κ3) is 2.93. The molecule has 0 aromatic carbocycles. The molecule has 4 nitrogen and oxygen atoms in total. The molecular formula is C11H19N3O. The predicted octanol–water partition coefficient (Wildman–Crippen LogP) is 0.891. The molecule has 1 amide bonds. The Morgan fingerprint density at radius 1 is 1.60 bits per heavy atom. The fourth-order valence-corrected chi connectivity index (χ4v) is 1.98. The Kier molecular flexibility index (Phi) is 4.10. The smallest absolute Gasteiger partial charge is 0.242 e. The van der Waals surface area contributed by atoms with Crippen molar-refractivity contribution in [3.8, 4) is 6.07 Å². The van der Waals surface area contributed by atoms with Crippen molar-refractivity contribution in [2.75, 3.05) is 20.1 Å². The van der Waals surface area contributed by atoms with E-state index in [1.54, 1.807) is 11.9 Å². The molecule has 1 fully saturated rings. The quantitative estimate of drug-likeness (QED) is 0.751. The van der Waals surface area contributed by atoms with Gasteiger partial charge >= 0.3 is 0 Å². The standard InChI is InChI=1S/C11H19N3O/c1-11(6-3-4-8-13-11)10(15)14(2)9-5-7-12/h13H,3-6,8-9H2,1-2H3. The fourth-order valence-electron chi connectivity index (χ4n) is 1.98. The number of nitrogens with zero attached hydrogens (tertiary/aromatic N) is 2. The van der Waals surface area contributed by atoms with E-state index in [0.29, 0.717) is 13.0 Å². The highest BCUT2D eigenvalue weighted by molar-refractivity contribution is 5.85. The van der Waals surface area contributed by atoms with Crippen LogP contribution in [0.4, 0.5) is 0 Å². The maximum Gasteiger partial charge on any atom is 0.242 e. The summed E-state index contributed by atoms with van der Waals surface area (Å²) >= 11 is 0. The molecule has 84 valence electrons. The molecule has 1 heterocycles. The minimum absolute atomic E-state index is 0.109. The van der Waals surface area contributed by atoms with E-state index in [1.165, 1.54) is 0 Å². The largest absolute Gasteiger partial charge is 0.343 e. The number of piperidine rings is 1. The molecule has 0 saturated carbocycles. The monoisotopic (exact) mass is 209 g/mol. The van der Waals surface area contributed by atoms with Crippen LogP contribution in [0.25, 0.3) is 0 Å². The minimum atomic E-state index is -0.414. The average molecular weight is 209 g/mol. The zero-order valence-electron chi connectivity index (χ0n) is 9.55. The molecule has 0 aliphatic carbocycles. The molecule has 15 heavy (non-hydrogen) atoms. The zero-order chi connectivity index (χ0) is 11.3. The molecule has 0 spiro atoms. The molecule has 4 heteroatoms. The molecule has 1 aliphatic heterocycles. The fraction of sp³-hybridized carbons (Fsp3) is 0.818. The Hall–Kier alpha value is -1.08. The van der Waals surface area contributed by atoms with Gasteiger partial charge in [0.25, 0.3) is 0 Å². The summed E-state index contributed by atoms with van der Waals surface area (Å²) in [5, 5.41) is 11.7. The van der Waals surface area contributed by atoms with Crippen LogP contribution in [0, 0.1) is 11.3 Å². The Morgan fingerprint density at radius 3 is 2.87 bits per heavy atom. The van der Waals surface area contributed by atoms with Gasteiger partial charge in [-0.3, -0.25) is 4.79 Å². The van der Waals surface area contributed by atoms with E-state index in [-0.39, 0.29) is 5.91 Å². The van der Waals surface area contributed by atoms with Gasteiger partial charge in [0.1, 0.15) is 0 Å². The summed E-state index contributed by atoms with van der Waals surface area (Å²) < 4.78 is 0. The van der Waals surface area contributed by atoms with Crippen LogP contribution < -0.4 is 5.32 Å². The molecule has 0 aromatic heterocycles. The van der Waals surface area contributed by atoms with Gasteiger partial charge < -0.3 is 10.2 Å². The number of nitriles is 1. The van der Waals surface area contributed by atoms with E-state index in [0.717, 1.165) is 25.8 Å². The van der Waals surface area contributed by atoms with Crippen molar-refractivity contribution in [1.29, 1.82) is 5.26 Å². The van der Waals surface area contributed by atoms with Crippen molar-refractivity contribution in [1.82, 2.24) is 10.2 Å². The zero-order valence-corrected chi connectivity index (χ0v) is 9.55. The lowest BCUT2D eigenvalue weighted by molar-refractivity contribution is -0.137. The van der Waals surface area contributed by atoms with Gasteiger partial charge in [0.15, 0.2) is 0 Å². The summed E-state index contributed by atoms with van der Waals surface area (Å²) in [4.78, 5) is 13.7. The van der Waals surface area contributed by atoms with Crippen molar-refractivity contribution in [3.63, 3.8) is 0 Å². The van der Waals surface area contributed by atoms with E-state index in [4.69, 9.17) is 5.26 Å². The lowest BCUT2D eigenvalue weighted by Crippen LogP contribution is -2.57. The third-order valence-electron chi connectivity index (χ3n) is 3.00. The number of carbonyl (C=O) groups excluding carboxylic acids is 1. The Morgan fingerprint density at radius 2 is 2.33 bits per heavy atom. The number of carbonyl (C=O) groups is 1. The first kappa shape index (κ1) is 12.0. The normalized spacial score (nSPS) is 25.7. The second-order valence-electron chi connectivity index (χ2n) is 4.35. The van der Waals surface area contributed by atoms with Gasteiger partial charge in [0.2, 0.25) is 5.91 Å². The van der Waals surface area contributed by atoms with Crippen LogP contribution in [0.15, 0.2) is 0 Å². The molecular weight excluding hydrogens is 190 g/mol. The minimum Gasteiger partial charge on any atom is -0.343 e. The number of hydrogen-bond acceptors (Lipinski definition) is 3. The van der Waals surface area contributed by atoms with Gasteiger partial charge in [0.05, 0.1) is 18.0 Å². The topological polar surface area (TPSA) is 56.1 Å². The van der Waals surface area contributed by atoms with Gasteiger partial charge in [-0.25, -0.2) is 0 Å². The summed E-state index contributed by atoms with van der Waals surface area (Å²) in [6, 6.07) is 2.05. The van der Waals surface area contributed by atoms with Crippen molar-refractivity contribution in [2.45, 2.75) is 38.1 Å². The van der Waals surface area contributed by atoms with Crippen LogP contribution in [-0.2, 0) is 4.79 Å². The molecule has 1 atom stereocenters. The summed E-state index contributed by atoms with van der Waals surface area (Å²) in [6.45, 7) is 3.39. The summed E-state index contributed by atoms with van der Waals surface area (Å²) in [5.74, 6) is 0.109. The van der Waals surface area contributed by atoms with Crippen molar-refractivity contribution >= 4 is 5.91 Å². The molecule has 1 saturated heterocycles. The van der Waals surface area contributed by atoms with Crippen LogP contribution in [0.5, 0.6) is 0 Å². The van der Waals surface area contributed by atoms with Crippen LogP contribution >= 0.6 is 0 Å². The van der Waals surface area contributed by atoms with Crippen molar-refractivity contribution in [2.24, 2.45) is 0 Å². The number of amides is 1. The summed E-state index contributed by atoms with van der Waals surface area (Å²) in [5.41, 5.74) is -0.414. The summed E-state index contributed by atoms with van der Waals surface area (Å²) in [7, 11) is 1.77. The van der Waals surface area contributed by atoms with E-state index in [9.17, 15) is 4.79 Å². The third-order valence-corrected chi connectivity index (χ3v) is 3.00. The second kappa shape index (κ2) is 5.13. The Bertz CT molecular complexity index is 263. The second-order valence-corrected chi connectivity index (χ2v) is 4.35. The molecule has 0 radical (unpaired) electrons. The summed E-state index contributed by atoms with van der Waals surface area (Å²) in [6.07, 6.45) is 3.53. The van der Waals surface area contributed by atoms with E-state index in [2.05, 4.69) is 11.4 Å². The van der Waals surface area contributed by atoms with E-state index >= 15 is 0 Å². The SMILES string of the molecule is CN(CCC#N)C(=O)C1(C)CCCCN1. The maximum absolute atomic E-state index is 12.1. The van der Waals surface area contributed by atoms with Crippen LogP contribution in [0.3, 0.4) is 0 Å². The van der Waals surface area contributed by atoms with Crippen LogP contribution in [0.2, 0.25) is 0 Å². The number of nitrogens with one attached hydrogen (secondary N) is 1. The van der Waals surface area contributed by atoms with Crippen molar-refractivity contribution < 1.29 is 4.79 Å². The first-order chi connectivity index (χ1) is 7.10. The Labute approximate surface area is 91.2 Å². The highest BCUT2D eigenvalue weighted by Crippen LogP contribution is 2.20. The van der Waals surface area contributed by atoms with Crippen LogP contribution in [0.1, 0.15) is 32.6 Å². The van der Waals surface area contributed by atoms with E-state index < -0.39 is 5.54 Å². The first-order valence-electron chi connectivity index (χ1n) is 5.48. The van der Waals surface area contributed by atoms with Gasteiger partial charge in [0, 0.05) is 13.6 Å². The van der Waals surface area contributed by atoms with Crippen LogP contribution in [-0.4, -0.2) is 36.5 Å². The lowest BCUT2D eigenvalue weighted by Gasteiger charge is -2.36.